The number of aliphatic hydroxyl groups is 1. The molecule has 2 heterocycles. The van der Waals surface area contributed by atoms with E-state index in [4.69, 9.17) is 9.47 Å². The topological polar surface area (TPSA) is 96.4 Å². The molecule has 2 aliphatic heterocycles. The largest absolute Gasteiger partial charge is 0.469 e. The summed E-state index contributed by atoms with van der Waals surface area (Å²) < 4.78 is 9.83. The Bertz CT molecular complexity index is 1030. The van der Waals surface area contributed by atoms with Gasteiger partial charge in [-0.05, 0) is 44.6 Å². The fourth-order valence-electron chi connectivity index (χ4n) is 5.78. The zero-order valence-corrected chi connectivity index (χ0v) is 20.1. The number of hydrogen-bond acceptors (Lipinski definition) is 6. The van der Waals surface area contributed by atoms with Crippen LogP contribution in [0.2, 0.25) is 0 Å². The summed E-state index contributed by atoms with van der Waals surface area (Å²) in [4.78, 5) is 41.8. The molecule has 8 nitrogen and oxygen atoms in total. The molecule has 1 saturated carbocycles. The van der Waals surface area contributed by atoms with E-state index in [1.165, 1.54) is 31.5 Å². The van der Waals surface area contributed by atoms with Crippen molar-refractivity contribution in [3.63, 3.8) is 0 Å². The van der Waals surface area contributed by atoms with E-state index in [2.05, 4.69) is 0 Å². The Balaban J connectivity index is 1.73. The smallest absolute Gasteiger partial charge is 0.417 e. The van der Waals surface area contributed by atoms with Crippen LogP contribution in [0.5, 0.6) is 0 Å². The van der Waals surface area contributed by atoms with Crippen LogP contribution in [0.3, 0.4) is 0 Å². The number of esters is 1. The van der Waals surface area contributed by atoms with E-state index in [1.54, 1.807) is 24.8 Å². The molecule has 0 spiro atoms. The molecule has 2 fully saturated rings. The lowest BCUT2D eigenvalue weighted by atomic mass is 9.73. The first-order chi connectivity index (χ1) is 16.1. The summed E-state index contributed by atoms with van der Waals surface area (Å²) in [5.74, 6) is -1.21. The summed E-state index contributed by atoms with van der Waals surface area (Å²) in [7, 11) is 2.58. The number of ether oxygens (including phenoxy) is 2. The normalized spacial score (nSPS) is 28.4. The van der Waals surface area contributed by atoms with Gasteiger partial charge in [-0.1, -0.05) is 36.4 Å². The van der Waals surface area contributed by atoms with Gasteiger partial charge < -0.3 is 19.5 Å². The van der Waals surface area contributed by atoms with E-state index in [0.29, 0.717) is 13.0 Å². The SMILES string of the molecule is COC(=O)N1C=C[C@H](C(C)(C)C(=O)OC)C(C(=O)N2CC[C@H]3CC[C@](O)(c4ccccc4)[C@H]32)=C1. The highest BCUT2D eigenvalue weighted by Crippen LogP contribution is 2.50. The summed E-state index contributed by atoms with van der Waals surface area (Å²) >= 11 is 0. The van der Waals surface area contributed by atoms with Crippen molar-refractivity contribution in [3.8, 4) is 0 Å². The molecule has 4 atom stereocenters. The maximum absolute atomic E-state index is 14.1. The minimum atomic E-state index is -1.15. The van der Waals surface area contributed by atoms with Crippen LogP contribution in [-0.2, 0) is 24.7 Å². The Labute approximate surface area is 199 Å². The van der Waals surface area contributed by atoms with E-state index in [9.17, 15) is 19.5 Å². The van der Waals surface area contributed by atoms with Gasteiger partial charge in [0.2, 0.25) is 0 Å². The van der Waals surface area contributed by atoms with Gasteiger partial charge in [-0.15, -0.1) is 0 Å². The first kappa shape index (κ1) is 24.0. The first-order valence-corrected chi connectivity index (χ1v) is 11.6. The molecular formula is C26H32N2O6. The van der Waals surface area contributed by atoms with Crippen molar-refractivity contribution < 1.29 is 29.0 Å². The zero-order chi connectivity index (χ0) is 24.7. The summed E-state index contributed by atoms with van der Waals surface area (Å²) in [6.45, 7) is 3.92. The third-order valence-corrected chi connectivity index (χ3v) is 7.62. The van der Waals surface area contributed by atoms with Crippen LogP contribution >= 0.6 is 0 Å². The van der Waals surface area contributed by atoms with Gasteiger partial charge >= 0.3 is 12.1 Å². The third-order valence-electron chi connectivity index (χ3n) is 7.62. The van der Waals surface area contributed by atoms with Crippen molar-refractivity contribution in [1.82, 2.24) is 9.80 Å². The minimum absolute atomic E-state index is 0.178. The average molecular weight is 469 g/mol. The summed E-state index contributed by atoms with van der Waals surface area (Å²) in [5.41, 5.74) is -1.13. The molecular weight excluding hydrogens is 436 g/mol. The number of carbonyl (C=O) groups is 3. The van der Waals surface area contributed by atoms with Crippen LogP contribution in [-0.4, -0.2) is 59.7 Å². The number of hydrogen-bond donors (Lipinski definition) is 1. The lowest BCUT2D eigenvalue weighted by Gasteiger charge is -2.40. The summed E-state index contributed by atoms with van der Waals surface area (Å²) in [5, 5.41) is 11.8. The molecule has 1 aromatic rings. The van der Waals surface area contributed by atoms with Crippen molar-refractivity contribution in [3.05, 3.63) is 59.9 Å². The molecule has 1 saturated heterocycles. The molecule has 0 unspecified atom stereocenters. The molecule has 0 aromatic heterocycles. The predicted molar refractivity (Wildman–Crippen MR) is 124 cm³/mol. The third kappa shape index (κ3) is 3.79. The Kier molecular flexibility index (Phi) is 6.29. The monoisotopic (exact) mass is 468 g/mol. The molecule has 8 heteroatoms. The van der Waals surface area contributed by atoms with E-state index in [1.807, 2.05) is 30.3 Å². The minimum Gasteiger partial charge on any atom is -0.469 e. The van der Waals surface area contributed by atoms with Gasteiger partial charge in [0.1, 0.15) is 5.60 Å². The van der Waals surface area contributed by atoms with Crippen LogP contribution in [0, 0.1) is 17.3 Å². The van der Waals surface area contributed by atoms with Crippen LogP contribution < -0.4 is 0 Å². The molecule has 1 aliphatic carbocycles. The molecule has 1 aromatic carbocycles. The van der Waals surface area contributed by atoms with Gasteiger partial charge in [-0.2, -0.15) is 0 Å². The zero-order valence-electron chi connectivity index (χ0n) is 20.1. The average Bonchev–Trinajstić information content (AvgIpc) is 3.44. The maximum Gasteiger partial charge on any atom is 0.417 e. The number of rotatable bonds is 4. The summed E-state index contributed by atoms with van der Waals surface area (Å²) in [6.07, 6.45) is 6.14. The molecule has 0 radical (unpaired) electrons. The standard InChI is InChI=1S/C26H32N2O6/c1-25(2,23(30)33-3)20-12-14-27(24(31)34-4)16-19(20)22(29)28-15-11-17-10-13-26(32,21(17)28)18-8-6-5-7-9-18/h5-9,12,14,16-17,20-21,32H,10-11,13,15H2,1-4H3/t17-,20+,21+,26+/m1/s1. The fourth-order valence-corrected chi connectivity index (χ4v) is 5.78. The second-order valence-corrected chi connectivity index (χ2v) is 9.82. The number of amides is 2. The Hall–Kier alpha value is -3.13. The van der Waals surface area contributed by atoms with Crippen LogP contribution in [0.25, 0.3) is 0 Å². The van der Waals surface area contributed by atoms with E-state index >= 15 is 0 Å². The van der Waals surface area contributed by atoms with E-state index in [0.717, 1.165) is 18.4 Å². The fraction of sp³-hybridized carbons (Fsp3) is 0.500. The quantitative estimate of drug-likeness (QED) is 0.682. The van der Waals surface area contributed by atoms with Gasteiger partial charge in [0.25, 0.3) is 5.91 Å². The molecule has 0 bridgehead atoms. The lowest BCUT2D eigenvalue weighted by molar-refractivity contribution is -0.152. The van der Waals surface area contributed by atoms with Crippen molar-refractivity contribution in [1.29, 1.82) is 0 Å². The summed E-state index contributed by atoms with van der Waals surface area (Å²) in [6, 6.07) is 9.08. The van der Waals surface area contributed by atoms with Crippen molar-refractivity contribution in [2.24, 2.45) is 17.3 Å². The molecule has 182 valence electrons. The second kappa shape index (κ2) is 8.91. The van der Waals surface area contributed by atoms with Gasteiger partial charge in [0.15, 0.2) is 0 Å². The highest BCUT2D eigenvalue weighted by atomic mass is 16.5. The van der Waals surface area contributed by atoms with Crippen LogP contribution in [0.1, 0.15) is 38.7 Å². The second-order valence-electron chi connectivity index (χ2n) is 9.82. The molecule has 34 heavy (non-hydrogen) atoms. The number of fused-ring (bicyclic) bond motifs is 1. The van der Waals surface area contributed by atoms with Gasteiger partial charge in [-0.25, -0.2) is 4.79 Å². The van der Waals surface area contributed by atoms with Gasteiger partial charge in [-0.3, -0.25) is 14.5 Å². The Morgan fingerprint density at radius 2 is 1.79 bits per heavy atom. The Morgan fingerprint density at radius 1 is 1.09 bits per heavy atom. The van der Waals surface area contributed by atoms with Crippen molar-refractivity contribution >= 4 is 18.0 Å². The first-order valence-electron chi connectivity index (χ1n) is 11.6. The highest BCUT2D eigenvalue weighted by Gasteiger charge is 2.56. The van der Waals surface area contributed by atoms with Gasteiger partial charge in [0, 0.05) is 30.4 Å². The van der Waals surface area contributed by atoms with Crippen LogP contribution in [0.15, 0.2) is 54.4 Å². The van der Waals surface area contributed by atoms with Crippen molar-refractivity contribution in [2.45, 2.75) is 44.8 Å². The van der Waals surface area contributed by atoms with Crippen LogP contribution in [0.4, 0.5) is 4.79 Å². The lowest BCUT2D eigenvalue weighted by Crippen LogP contribution is -2.51. The Morgan fingerprint density at radius 3 is 2.44 bits per heavy atom. The van der Waals surface area contributed by atoms with E-state index < -0.39 is 29.0 Å². The van der Waals surface area contributed by atoms with Crippen molar-refractivity contribution in [2.75, 3.05) is 20.8 Å². The predicted octanol–water partition coefficient (Wildman–Crippen LogP) is 3.18. The molecule has 1 N–H and O–H groups in total. The number of methoxy groups -OCH3 is 2. The van der Waals surface area contributed by atoms with Gasteiger partial charge in [0.05, 0.1) is 25.7 Å². The molecule has 2 amide bonds. The number of likely N-dealkylation sites (tertiary alicyclic amines) is 1. The number of nitrogens with zero attached hydrogens (tertiary/aromatic N) is 2. The number of carbonyl (C=O) groups excluding carboxylic acids is 3. The molecule has 4 rings (SSSR count). The number of benzene rings is 1. The van der Waals surface area contributed by atoms with E-state index in [-0.39, 0.29) is 23.4 Å². The number of allylic oxidation sites excluding steroid dienone is 1. The maximum atomic E-state index is 14.1. The highest BCUT2D eigenvalue weighted by molar-refractivity contribution is 5.97. The molecule has 3 aliphatic rings.